The Balaban J connectivity index is 1.10. The molecule has 3 aliphatic rings. The summed E-state index contributed by atoms with van der Waals surface area (Å²) in [6, 6.07) is 18.2. The van der Waals surface area contributed by atoms with E-state index in [1.807, 2.05) is 4.90 Å². The lowest BCUT2D eigenvalue weighted by atomic mass is 9.87. The number of aromatic nitrogens is 2. The number of nitrogens with zero attached hydrogens (tertiary/aromatic N) is 3. The van der Waals surface area contributed by atoms with Crippen molar-refractivity contribution in [1.82, 2.24) is 20.4 Å². The summed E-state index contributed by atoms with van der Waals surface area (Å²) in [6.45, 7) is 21.0. The highest BCUT2D eigenvalue weighted by atomic mass is 16.5. The number of carbonyl (C=O) groups excluding carboxylic acids is 1. The van der Waals surface area contributed by atoms with Crippen LogP contribution in [0.4, 0.5) is 5.69 Å². The van der Waals surface area contributed by atoms with Gasteiger partial charge in [-0.15, -0.1) is 0 Å². The number of hydrogen-bond acceptors (Lipinski definition) is 5. The molecule has 7 nitrogen and oxygen atoms in total. The predicted octanol–water partition coefficient (Wildman–Crippen LogP) is 11.3. The minimum Gasteiger partial charge on any atom is -0.380 e. The zero-order chi connectivity index (χ0) is 40.2. The van der Waals surface area contributed by atoms with Crippen LogP contribution in [0.3, 0.4) is 0 Å². The molecule has 0 radical (unpaired) electrons. The van der Waals surface area contributed by atoms with Gasteiger partial charge >= 0.3 is 0 Å². The van der Waals surface area contributed by atoms with E-state index in [1.54, 1.807) is 6.92 Å². The van der Waals surface area contributed by atoms with Gasteiger partial charge in [-0.2, -0.15) is 5.10 Å². The van der Waals surface area contributed by atoms with Crippen LogP contribution in [0.2, 0.25) is 0 Å². The Labute approximate surface area is 338 Å². The van der Waals surface area contributed by atoms with Crippen molar-refractivity contribution in [2.45, 2.75) is 162 Å². The Kier molecular flexibility index (Phi) is 13.2. The Morgan fingerprint density at radius 3 is 2.16 bits per heavy atom. The van der Waals surface area contributed by atoms with Gasteiger partial charge in [0.15, 0.2) is 0 Å². The van der Waals surface area contributed by atoms with E-state index in [1.165, 1.54) is 94.7 Å². The van der Waals surface area contributed by atoms with Crippen LogP contribution in [0.5, 0.6) is 0 Å². The average Bonchev–Trinajstić information content (AvgIpc) is 3.49. The second kappa shape index (κ2) is 17.7. The van der Waals surface area contributed by atoms with E-state index in [4.69, 9.17) is 9.84 Å². The Hall–Kier alpha value is -3.84. The molecular formula is C49H71N5O2. The van der Waals surface area contributed by atoms with Crippen molar-refractivity contribution in [3.05, 3.63) is 82.2 Å². The quantitative estimate of drug-likeness (QED) is 0.143. The van der Waals surface area contributed by atoms with Gasteiger partial charge in [-0.05, 0) is 156 Å². The number of hydrogen-bond donors (Lipinski definition) is 2. The van der Waals surface area contributed by atoms with Gasteiger partial charge in [0, 0.05) is 43.9 Å². The minimum atomic E-state index is -0.377. The highest BCUT2D eigenvalue weighted by Crippen LogP contribution is 2.38. The van der Waals surface area contributed by atoms with Gasteiger partial charge in [-0.3, -0.25) is 9.48 Å². The molecule has 1 unspecified atom stereocenters. The molecule has 0 spiro atoms. The Morgan fingerprint density at radius 1 is 0.893 bits per heavy atom. The van der Waals surface area contributed by atoms with Crippen LogP contribution in [-0.2, 0) is 23.0 Å². The molecule has 2 fully saturated rings. The maximum Gasteiger partial charge on any atom is 0.224 e. The summed E-state index contributed by atoms with van der Waals surface area (Å²) >= 11 is 0. The fourth-order valence-corrected chi connectivity index (χ4v) is 8.56. The van der Waals surface area contributed by atoms with E-state index in [0.29, 0.717) is 18.4 Å². The number of benzene rings is 2. The van der Waals surface area contributed by atoms with Crippen LogP contribution in [0, 0.1) is 5.92 Å². The smallest absolute Gasteiger partial charge is 0.224 e. The molecule has 56 heavy (non-hydrogen) atoms. The molecule has 1 amide bonds. The minimum absolute atomic E-state index is 0.117. The summed E-state index contributed by atoms with van der Waals surface area (Å²) in [5.41, 5.74) is 13.3. The second-order valence-corrected chi connectivity index (χ2v) is 18.8. The lowest BCUT2D eigenvalue weighted by Crippen LogP contribution is -2.47. The molecule has 2 N–H and O–H groups in total. The zero-order valence-electron chi connectivity index (χ0n) is 36.4. The van der Waals surface area contributed by atoms with E-state index >= 15 is 0 Å². The molecule has 0 saturated heterocycles. The standard InChI is InChI=1S/C49H71N5O2/c1-11-14-37(21-19-33(2)3)43-30-45(53(10)52-43)47(39-17-13-18-39)50-31-49(8,9)56-32-48(6,7)51-46(38-15-12-16-38)40-25-23-36(24-26-40)41-27-28-44-42(29-41)22-20-34(4)54(44)35(5)55/h23-30,33-34,37,50-51H,11-22,31-32H2,1-10H3/t34-,37?/m0/s1. The first-order chi connectivity index (χ1) is 26.6. The highest BCUT2D eigenvalue weighted by Gasteiger charge is 2.30. The third kappa shape index (κ3) is 9.99. The van der Waals surface area contributed by atoms with Gasteiger partial charge in [0.2, 0.25) is 5.91 Å². The van der Waals surface area contributed by atoms with Gasteiger partial charge in [-0.1, -0.05) is 63.9 Å². The van der Waals surface area contributed by atoms with E-state index < -0.39 is 0 Å². The predicted molar refractivity (Wildman–Crippen MR) is 235 cm³/mol. The van der Waals surface area contributed by atoms with E-state index in [0.717, 1.165) is 50.8 Å². The molecule has 2 saturated carbocycles. The number of anilines is 1. The third-order valence-corrected chi connectivity index (χ3v) is 12.4. The van der Waals surface area contributed by atoms with Crippen molar-refractivity contribution < 1.29 is 9.53 Å². The summed E-state index contributed by atoms with van der Waals surface area (Å²) in [6.07, 6.45) is 13.9. The molecule has 7 heteroatoms. The number of rotatable bonds is 17. The summed E-state index contributed by atoms with van der Waals surface area (Å²) in [5, 5.41) is 12.9. The average molecular weight is 762 g/mol. The largest absolute Gasteiger partial charge is 0.380 e. The molecule has 2 heterocycles. The summed E-state index contributed by atoms with van der Waals surface area (Å²) in [7, 11) is 2.11. The molecular weight excluding hydrogens is 691 g/mol. The van der Waals surface area contributed by atoms with Gasteiger partial charge in [0.25, 0.3) is 0 Å². The lowest BCUT2D eigenvalue weighted by molar-refractivity contribution is -0.117. The van der Waals surface area contributed by atoms with Crippen LogP contribution >= 0.6 is 0 Å². The molecule has 1 aromatic heterocycles. The topological polar surface area (TPSA) is 71.4 Å². The molecule has 304 valence electrons. The van der Waals surface area contributed by atoms with Crippen LogP contribution in [0.25, 0.3) is 22.5 Å². The third-order valence-electron chi connectivity index (χ3n) is 12.4. The lowest BCUT2D eigenvalue weighted by Gasteiger charge is -2.36. The molecule has 2 atom stereocenters. The fraction of sp³-hybridized carbons (Fsp3) is 0.592. The summed E-state index contributed by atoms with van der Waals surface area (Å²) < 4.78 is 8.89. The summed E-state index contributed by atoms with van der Waals surface area (Å²) in [4.78, 5) is 14.4. The molecule has 1 aliphatic heterocycles. The highest BCUT2D eigenvalue weighted by molar-refractivity contribution is 5.94. The van der Waals surface area contributed by atoms with Crippen molar-refractivity contribution in [2.75, 3.05) is 18.1 Å². The molecule has 3 aromatic rings. The number of amides is 1. The number of fused-ring (bicyclic) bond motifs is 1. The fourth-order valence-electron chi connectivity index (χ4n) is 8.56. The van der Waals surface area contributed by atoms with Crippen molar-refractivity contribution >= 4 is 23.0 Å². The SMILES string of the molecule is CCCC(CCC(C)C)c1cc(C(NCC(C)(C)OCC(C)(C)NC(=C2CCC2)c2ccc(-c3ccc4c(c3)CC[C@H](C)N4C(C)=O)cc2)=C2CCC2)n(C)n1. The van der Waals surface area contributed by atoms with Gasteiger partial charge < -0.3 is 20.3 Å². The van der Waals surface area contributed by atoms with Crippen molar-refractivity contribution in [1.29, 1.82) is 0 Å². The van der Waals surface area contributed by atoms with Crippen molar-refractivity contribution in [2.24, 2.45) is 13.0 Å². The number of ether oxygens (including phenoxy) is 1. The van der Waals surface area contributed by atoms with E-state index in [9.17, 15) is 4.79 Å². The van der Waals surface area contributed by atoms with Crippen LogP contribution in [-0.4, -0.2) is 46.0 Å². The molecule has 2 aromatic carbocycles. The number of aryl methyl sites for hydroxylation is 2. The maximum absolute atomic E-state index is 12.4. The van der Waals surface area contributed by atoms with Crippen LogP contribution in [0.15, 0.2) is 59.7 Å². The Morgan fingerprint density at radius 2 is 1.55 bits per heavy atom. The first-order valence-corrected chi connectivity index (χ1v) is 21.8. The molecule has 6 rings (SSSR count). The van der Waals surface area contributed by atoms with Gasteiger partial charge in [0.05, 0.1) is 34.8 Å². The number of carbonyl (C=O) groups is 1. The van der Waals surface area contributed by atoms with Gasteiger partial charge in [0.1, 0.15) is 0 Å². The van der Waals surface area contributed by atoms with Crippen molar-refractivity contribution in [3.63, 3.8) is 0 Å². The zero-order valence-corrected chi connectivity index (χ0v) is 36.4. The molecule has 2 aliphatic carbocycles. The van der Waals surface area contributed by atoms with Gasteiger partial charge in [-0.25, -0.2) is 0 Å². The Bertz CT molecular complexity index is 1880. The first-order valence-electron chi connectivity index (χ1n) is 21.8. The second-order valence-electron chi connectivity index (χ2n) is 18.8. The van der Waals surface area contributed by atoms with E-state index in [2.05, 4.69) is 126 Å². The first kappa shape index (κ1) is 41.8. The van der Waals surface area contributed by atoms with Crippen molar-refractivity contribution in [3.8, 4) is 11.1 Å². The van der Waals surface area contributed by atoms with Crippen LogP contribution < -0.4 is 15.5 Å². The number of nitrogens with one attached hydrogen (secondary N) is 2. The van der Waals surface area contributed by atoms with Crippen LogP contribution in [0.1, 0.15) is 161 Å². The normalized spacial score (nSPS) is 17.6. The molecule has 0 bridgehead atoms. The number of allylic oxidation sites excluding steroid dienone is 2. The summed E-state index contributed by atoms with van der Waals surface area (Å²) in [5.74, 6) is 1.34. The monoisotopic (exact) mass is 762 g/mol. The van der Waals surface area contributed by atoms with E-state index in [-0.39, 0.29) is 23.1 Å². The maximum atomic E-state index is 12.4.